The van der Waals surface area contributed by atoms with Crippen LogP contribution >= 0.6 is 23.2 Å². The Labute approximate surface area is 205 Å². The van der Waals surface area contributed by atoms with Gasteiger partial charge in [0.25, 0.3) is 5.91 Å². The molecule has 0 spiro atoms. The number of carbonyl (C=O) groups excluding carboxylic acids is 2. The average molecular weight is 504 g/mol. The van der Waals surface area contributed by atoms with Gasteiger partial charge < -0.3 is 14.4 Å². The molecule has 4 rings (SSSR count). The van der Waals surface area contributed by atoms with Crippen LogP contribution in [0, 0.1) is 5.82 Å². The lowest BCUT2D eigenvalue weighted by Crippen LogP contribution is -2.41. The third-order valence-corrected chi connectivity index (χ3v) is 6.01. The molecule has 1 aliphatic rings. The van der Waals surface area contributed by atoms with Crippen molar-refractivity contribution in [1.29, 1.82) is 0 Å². The SMILES string of the molecule is COC(=O)[C@@H]1CCCN1C(=O)c1ccc(OC(c2ccc(Cl)cn2)c2ncccc2Cl)c(F)c1. The van der Waals surface area contributed by atoms with Crippen LogP contribution in [-0.2, 0) is 9.53 Å². The number of amides is 1. The minimum absolute atomic E-state index is 0.0951. The van der Waals surface area contributed by atoms with Gasteiger partial charge in [-0.15, -0.1) is 0 Å². The fourth-order valence-electron chi connectivity index (χ4n) is 3.80. The van der Waals surface area contributed by atoms with E-state index in [0.717, 1.165) is 6.07 Å². The van der Waals surface area contributed by atoms with Gasteiger partial charge in [-0.1, -0.05) is 23.2 Å². The highest BCUT2D eigenvalue weighted by Gasteiger charge is 2.35. The van der Waals surface area contributed by atoms with Crippen molar-refractivity contribution in [3.05, 3.63) is 87.7 Å². The van der Waals surface area contributed by atoms with Gasteiger partial charge >= 0.3 is 5.97 Å². The smallest absolute Gasteiger partial charge is 0.328 e. The number of pyridine rings is 2. The monoisotopic (exact) mass is 503 g/mol. The van der Waals surface area contributed by atoms with Gasteiger partial charge in [-0.3, -0.25) is 14.8 Å². The molecule has 0 saturated carbocycles. The van der Waals surface area contributed by atoms with Gasteiger partial charge in [-0.2, -0.15) is 0 Å². The second-order valence-corrected chi connectivity index (χ2v) is 8.44. The van der Waals surface area contributed by atoms with Gasteiger partial charge in [0.15, 0.2) is 17.7 Å². The second kappa shape index (κ2) is 10.4. The maximum absolute atomic E-state index is 15.1. The Kier molecular flexibility index (Phi) is 7.29. The van der Waals surface area contributed by atoms with Crippen LogP contribution in [0.5, 0.6) is 5.75 Å². The van der Waals surface area contributed by atoms with Gasteiger partial charge in [0, 0.05) is 24.5 Å². The maximum Gasteiger partial charge on any atom is 0.328 e. The van der Waals surface area contributed by atoms with Gasteiger partial charge in [0.05, 0.1) is 22.8 Å². The van der Waals surface area contributed by atoms with Crippen molar-refractivity contribution in [2.24, 2.45) is 0 Å². The number of esters is 1. The largest absolute Gasteiger partial charge is 0.475 e. The molecule has 0 radical (unpaired) electrons. The van der Waals surface area contributed by atoms with E-state index in [1.54, 1.807) is 30.5 Å². The van der Waals surface area contributed by atoms with Gasteiger partial charge in [0.1, 0.15) is 11.7 Å². The first-order chi connectivity index (χ1) is 16.4. The lowest BCUT2D eigenvalue weighted by Gasteiger charge is -2.23. The second-order valence-electron chi connectivity index (χ2n) is 7.59. The van der Waals surface area contributed by atoms with Crippen LogP contribution in [0.1, 0.15) is 40.7 Å². The summed E-state index contributed by atoms with van der Waals surface area (Å²) in [5.41, 5.74) is 0.858. The van der Waals surface area contributed by atoms with Crippen molar-refractivity contribution >= 4 is 35.1 Å². The van der Waals surface area contributed by atoms with E-state index < -0.39 is 29.8 Å². The highest BCUT2D eigenvalue weighted by molar-refractivity contribution is 6.31. The minimum atomic E-state index is -0.927. The molecule has 1 amide bonds. The van der Waals surface area contributed by atoms with Crippen molar-refractivity contribution in [3.63, 3.8) is 0 Å². The Morgan fingerprint density at radius 3 is 2.68 bits per heavy atom. The molecule has 3 aromatic rings. The summed E-state index contributed by atoms with van der Waals surface area (Å²) >= 11 is 12.3. The Morgan fingerprint density at radius 2 is 2.00 bits per heavy atom. The Balaban J connectivity index is 1.62. The fourth-order valence-corrected chi connectivity index (χ4v) is 4.13. The predicted octanol–water partition coefficient (Wildman–Crippen LogP) is 4.87. The van der Waals surface area contributed by atoms with Crippen molar-refractivity contribution in [3.8, 4) is 5.75 Å². The third-order valence-electron chi connectivity index (χ3n) is 5.46. The molecule has 1 saturated heterocycles. The van der Waals surface area contributed by atoms with Gasteiger partial charge in [-0.25, -0.2) is 9.18 Å². The number of hydrogen-bond acceptors (Lipinski definition) is 6. The first-order valence-corrected chi connectivity index (χ1v) is 11.2. The average Bonchev–Trinajstić information content (AvgIpc) is 3.33. The lowest BCUT2D eigenvalue weighted by molar-refractivity contribution is -0.145. The standard InChI is InChI=1S/C24H20Cl2FN3O4/c1-33-24(32)19-5-3-11-30(19)23(31)14-6-9-20(17(27)12-14)34-22(18-8-7-15(25)13-29-18)21-16(26)4-2-10-28-21/h2,4,6-10,12-13,19,22H,3,5,11H2,1H3/t19-,22?/m0/s1. The highest BCUT2D eigenvalue weighted by atomic mass is 35.5. The molecule has 2 atom stereocenters. The summed E-state index contributed by atoms with van der Waals surface area (Å²) in [5.74, 6) is -1.82. The number of methoxy groups -OCH3 is 1. The van der Waals surface area contributed by atoms with Crippen LogP contribution in [0.3, 0.4) is 0 Å². The fraction of sp³-hybridized carbons (Fsp3) is 0.250. The van der Waals surface area contributed by atoms with E-state index in [1.807, 2.05) is 0 Å². The zero-order valence-electron chi connectivity index (χ0n) is 18.1. The van der Waals surface area contributed by atoms with Crippen LogP contribution in [0.2, 0.25) is 10.0 Å². The predicted molar refractivity (Wildman–Crippen MR) is 123 cm³/mol. The summed E-state index contributed by atoms with van der Waals surface area (Å²) in [7, 11) is 1.27. The number of ether oxygens (including phenoxy) is 2. The molecule has 1 aliphatic heterocycles. The van der Waals surface area contributed by atoms with Crippen molar-refractivity contribution in [2.45, 2.75) is 25.0 Å². The van der Waals surface area contributed by atoms with Crippen LogP contribution in [0.25, 0.3) is 0 Å². The molecule has 1 unspecified atom stereocenters. The van der Waals surface area contributed by atoms with E-state index in [9.17, 15) is 9.59 Å². The molecule has 10 heteroatoms. The van der Waals surface area contributed by atoms with Crippen LogP contribution < -0.4 is 4.74 Å². The molecule has 34 heavy (non-hydrogen) atoms. The highest BCUT2D eigenvalue weighted by Crippen LogP contribution is 2.33. The number of benzene rings is 1. The summed E-state index contributed by atoms with van der Waals surface area (Å²) in [6, 6.07) is 9.77. The molecule has 7 nitrogen and oxygen atoms in total. The van der Waals surface area contributed by atoms with Crippen LogP contribution in [0.4, 0.5) is 4.39 Å². The first kappa shape index (κ1) is 23.9. The third kappa shape index (κ3) is 4.98. The van der Waals surface area contributed by atoms with E-state index in [-0.39, 0.29) is 11.3 Å². The molecule has 1 aromatic carbocycles. The van der Waals surface area contributed by atoms with Crippen LogP contribution in [0.15, 0.2) is 54.9 Å². The molecular formula is C24H20Cl2FN3O4. The van der Waals surface area contributed by atoms with Crippen molar-refractivity contribution < 1.29 is 23.5 Å². The van der Waals surface area contributed by atoms with Gasteiger partial charge in [-0.05, 0) is 55.3 Å². The topological polar surface area (TPSA) is 81.6 Å². The molecule has 2 aromatic heterocycles. The Hall–Kier alpha value is -3.23. The molecule has 0 aliphatic carbocycles. The summed E-state index contributed by atoms with van der Waals surface area (Å²) in [6.45, 7) is 0.390. The molecule has 1 fully saturated rings. The summed E-state index contributed by atoms with van der Waals surface area (Å²) in [6.07, 6.45) is 3.22. The molecule has 176 valence electrons. The Morgan fingerprint density at radius 1 is 1.18 bits per heavy atom. The zero-order valence-corrected chi connectivity index (χ0v) is 19.6. The number of halogens is 3. The molecular weight excluding hydrogens is 484 g/mol. The maximum atomic E-state index is 15.1. The van der Waals surface area contributed by atoms with Crippen LogP contribution in [-0.4, -0.2) is 46.4 Å². The van der Waals surface area contributed by atoms with E-state index in [4.69, 9.17) is 32.7 Å². The number of nitrogens with zero attached hydrogens (tertiary/aromatic N) is 3. The normalized spacial score (nSPS) is 16.2. The summed E-state index contributed by atoms with van der Waals surface area (Å²) in [5, 5.41) is 0.746. The summed E-state index contributed by atoms with van der Waals surface area (Å²) in [4.78, 5) is 34.9. The van der Waals surface area contributed by atoms with Crippen molar-refractivity contribution in [1.82, 2.24) is 14.9 Å². The molecule has 3 heterocycles. The lowest BCUT2D eigenvalue weighted by atomic mass is 10.1. The van der Waals surface area contributed by atoms with E-state index in [2.05, 4.69) is 9.97 Å². The minimum Gasteiger partial charge on any atom is -0.475 e. The van der Waals surface area contributed by atoms with E-state index in [1.165, 1.54) is 30.3 Å². The van der Waals surface area contributed by atoms with Gasteiger partial charge in [0.2, 0.25) is 0 Å². The number of carbonyl (C=O) groups is 2. The molecule has 0 bridgehead atoms. The number of rotatable bonds is 6. The van der Waals surface area contributed by atoms with E-state index >= 15 is 4.39 Å². The van der Waals surface area contributed by atoms with E-state index in [0.29, 0.717) is 40.8 Å². The summed E-state index contributed by atoms with van der Waals surface area (Å²) < 4.78 is 25.8. The number of likely N-dealkylation sites (tertiary alicyclic amines) is 1. The van der Waals surface area contributed by atoms with Crippen molar-refractivity contribution in [2.75, 3.05) is 13.7 Å². The quantitative estimate of drug-likeness (QED) is 0.446. The Bertz CT molecular complexity index is 1210. The number of aromatic nitrogens is 2. The zero-order chi connectivity index (χ0) is 24.2. The number of hydrogen-bond donors (Lipinski definition) is 0. The molecule has 0 N–H and O–H groups in total. The first-order valence-electron chi connectivity index (χ1n) is 10.5.